The number of nitrogens with one attached hydrogen (secondary N) is 1. The molecule has 1 aromatic carbocycles. The summed E-state index contributed by atoms with van der Waals surface area (Å²) in [5.74, 6) is 5.04. The maximum atomic E-state index is 10.1. The lowest BCUT2D eigenvalue weighted by molar-refractivity contribution is 0.142. The van der Waals surface area contributed by atoms with Crippen LogP contribution < -0.4 is 11.3 Å². The van der Waals surface area contributed by atoms with Gasteiger partial charge in [-0.25, -0.2) is 0 Å². The highest BCUT2D eigenvalue weighted by Crippen LogP contribution is 2.27. The van der Waals surface area contributed by atoms with E-state index in [2.05, 4.69) is 5.43 Å². The molecule has 0 aliphatic rings. The first-order valence-electron chi connectivity index (χ1n) is 4.45. The lowest BCUT2D eigenvalue weighted by atomic mass is 9.88. The van der Waals surface area contributed by atoms with Gasteiger partial charge in [-0.15, -0.1) is 0 Å². The SMILES string of the molecule is N#CC(=CNN)C(O)(C#N)c1ccccc1. The van der Waals surface area contributed by atoms with Crippen molar-refractivity contribution >= 4 is 0 Å². The number of hydrogen-bond acceptors (Lipinski definition) is 5. The smallest absolute Gasteiger partial charge is 0.214 e. The van der Waals surface area contributed by atoms with E-state index in [-0.39, 0.29) is 5.57 Å². The molecule has 16 heavy (non-hydrogen) atoms. The van der Waals surface area contributed by atoms with E-state index in [4.69, 9.17) is 16.4 Å². The first kappa shape index (κ1) is 11.7. The minimum atomic E-state index is -1.98. The Bertz CT molecular complexity index is 469. The minimum absolute atomic E-state index is 0.163. The number of nitrogens with zero attached hydrogens (tertiary/aromatic N) is 2. The molecule has 0 radical (unpaired) electrons. The van der Waals surface area contributed by atoms with Gasteiger partial charge < -0.3 is 10.5 Å². The molecular weight excluding hydrogens is 204 g/mol. The molecule has 0 spiro atoms. The minimum Gasteiger partial charge on any atom is -0.367 e. The van der Waals surface area contributed by atoms with Crippen LogP contribution in [-0.4, -0.2) is 5.11 Å². The second kappa shape index (κ2) is 4.94. The summed E-state index contributed by atoms with van der Waals surface area (Å²) in [4.78, 5) is 0. The standard InChI is InChI=1S/C11H10N4O/c12-6-10(7-15-14)11(16,8-13)9-4-2-1-3-5-9/h1-5,7,15-16H,14H2. The van der Waals surface area contributed by atoms with Gasteiger partial charge in [-0.1, -0.05) is 30.3 Å². The van der Waals surface area contributed by atoms with Crippen LogP contribution in [0.25, 0.3) is 0 Å². The van der Waals surface area contributed by atoms with Crippen molar-refractivity contribution in [2.45, 2.75) is 5.60 Å². The average Bonchev–Trinajstić information content (AvgIpc) is 2.36. The molecular formula is C11H10N4O. The lowest BCUT2D eigenvalue weighted by Gasteiger charge is -2.19. The van der Waals surface area contributed by atoms with Gasteiger partial charge in [0.2, 0.25) is 5.60 Å². The maximum Gasteiger partial charge on any atom is 0.214 e. The molecule has 0 heterocycles. The Balaban J connectivity index is 3.30. The summed E-state index contributed by atoms with van der Waals surface area (Å²) in [6.45, 7) is 0. The third kappa shape index (κ3) is 2.01. The lowest BCUT2D eigenvalue weighted by Crippen LogP contribution is -2.28. The van der Waals surface area contributed by atoms with Crippen molar-refractivity contribution in [1.29, 1.82) is 10.5 Å². The fourth-order valence-corrected chi connectivity index (χ4v) is 1.26. The zero-order chi connectivity index (χ0) is 12.0. The fourth-order valence-electron chi connectivity index (χ4n) is 1.26. The van der Waals surface area contributed by atoms with Crippen molar-refractivity contribution < 1.29 is 5.11 Å². The normalized spacial score (nSPS) is 14.4. The van der Waals surface area contributed by atoms with Gasteiger partial charge >= 0.3 is 0 Å². The topological polar surface area (TPSA) is 106 Å². The van der Waals surface area contributed by atoms with Crippen molar-refractivity contribution in [2.24, 2.45) is 5.84 Å². The van der Waals surface area contributed by atoms with Crippen LogP contribution in [0, 0.1) is 22.7 Å². The molecule has 80 valence electrons. The highest BCUT2D eigenvalue weighted by molar-refractivity contribution is 5.45. The Labute approximate surface area is 93.0 Å². The summed E-state index contributed by atoms with van der Waals surface area (Å²) in [6, 6.07) is 11.6. The number of hydrogen-bond donors (Lipinski definition) is 3. The molecule has 0 amide bonds. The first-order valence-corrected chi connectivity index (χ1v) is 4.45. The molecule has 5 heteroatoms. The molecule has 0 bridgehead atoms. The Hall–Kier alpha value is -2.34. The Morgan fingerprint density at radius 2 is 2.00 bits per heavy atom. The molecule has 0 aliphatic heterocycles. The molecule has 0 aromatic heterocycles. The van der Waals surface area contributed by atoms with Crippen LogP contribution >= 0.6 is 0 Å². The molecule has 1 rings (SSSR count). The van der Waals surface area contributed by atoms with E-state index in [1.165, 1.54) is 0 Å². The van der Waals surface area contributed by atoms with Crippen LogP contribution in [0.1, 0.15) is 5.56 Å². The summed E-state index contributed by atoms with van der Waals surface area (Å²) in [5.41, 5.74) is 0.306. The second-order valence-corrected chi connectivity index (χ2v) is 3.02. The number of nitrogens with two attached hydrogens (primary N) is 1. The summed E-state index contributed by atoms with van der Waals surface area (Å²) in [6.07, 6.45) is 1.09. The number of nitriles is 2. The van der Waals surface area contributed by atoms with Crippen molar-refractivity contribution in [3.8, 4) is 12.1 Å². The average molecular weight is 214 g/mol. The highest BCUT2D eigenvalue weighted by Gasteiger charge is 2.34. The fraction of sp³-hybridized carbons (Fsp3) is 0.0909. The predicted molar refractivity (Wildman–Crippen MR) is 57.0 cm³/mol. The van der Waals surface area contributed by atoms with Crippen LogP contribution in [0.2, 0.25) is 0 Å². The van der Waals surface area contributed by atoms with Crippen LogP contribution in [0.3, 0.4) is 0 Å². The van der Waals surface area contributed by atoms with E-state index in [1.807, 2.05) is 0 Å². The summed E-state index contributed by atoms with van der Waals surface area (Å²) in [7, 11) is 0. The van der Waals surface area contributed by atoms with Crippen molar-refractivity contribution in [3.63, 3.8) is 0 Å². The van der Waals surface area contributed by atoms with Crippen LogP contribution in [0.4, 0.5) is 0 Å². The quantitative estimate of drug-likeness (QED) is 0.290. The van der Waals surface area contributed by atoms with Crippen molar-refractivity contribution in [3.05, 3.63) is 47.7 Å². The third-order valence-electron chi connectivity index (χ3n) is 2.09. The van der Waals surface area contributed by atoms with E-state index >= 15 is 0 Å². The molecule has 4 N–H and O–H groups in total. The third-order valence-corrected chi connectivity index (χ3v) is 2.09. The molecule has 0 fully saturated rings. The number of aliphatic hydroxyl groups is 1. The first-order chi connectivity index (χ1) is 7.69. The van der Waals surface area contributed by atoms with Gasteiger partial charge in [-0.05, 0) is 0 Å². The van der Waals surface area contributed by atoms with Crippen LogP contribution in [0.5, 0.6) is 0 Å². The zero-order valence-electron chi connectivity index (χ0n) is 8.38. The Morgan fingerprint density at radius 3 is 2.44 bits per heavy atom. The molecule has 1 unspecified atom stereocenters. The van der Waals surface area contributed by atoms with Gasteiger partial charge in [-0.2, -0.15) is 10.5 Å². The molecule has 0 saturated heterocycles. The Kier molecular flexibility index (Phi) is 3.62. The van der Waals surface area contributed by atoms with Gasteiger partial charge in [-0.3, -0.25) is 5.84 Å². The number of benzene rings is 1. The van der Waals surface area contributed by atoms with E-state index in [0.29, 0.717) is 5.56 Å². The van der Waals surface area contributed by atoms with E-state index < -0.39 is 5.60 Å². The molecule has 0 saturated carbocycles. The number of hydrazine groups is 1. The molecule has 1 aromatic rings. The van der Waals surface area contributed by atoms with E-state index in [0.717, 1.165) is 6.20 Å². The van der Waals surface area contributed by atoms with Crippen LogP contribution in [0.15, 0.2) is 42.1 Å². The predicted octanol–water partition coefficient (Wildman–Crippen LogP) is 0.269. The highest BCUT2D eigenvalue weighted by atomic mass is 16.3. The van der Waals surface area contributed by atoms with Gasteiger partial charge in [0.05, 0.1) is 5.57 Å². The van der Waals surface area contributed by atoms with Crippen molar-refractivity contribution in [2.75, 3.05) is 0 Å². The second-order valence-electron chi connectivity index (χ2n) is 3.02. The van der Waals surface area contributed by atoms with Crippen molar-refractivity contribution in [1.82, 2.24) is 5.43 Å². The number of rotatable bonds is 3. The van der Waals surface area contributed by atoms with Gasteiger partial charge in [0, 0.05) is 11.8 Å². The zero-order valence-corrected chi connectivity index (χ0v) is 8.38. The summed E-state index contributed by atoms with van der Waals surface area (Å²) in [5, 5.41) is 28.0. The summed E-state index contributed by atoms with van der Waals surface area (Å²) >= 11 is 0. The molecule has 0 aliphatic carbocycles. The van der Waals surface area contributed by atoms with E-state index in [9.17, 15) is 5.11 Å². The summed E-state index contributed by atoms with van der Waals surface area (Å²) < 4.78 is 0. The Morgan fingerprint density at radius 1 is 1.38 bits per heavy atom. The molecule has 5 nitrogen and oxygen atoms in total. The van der Waals surface area contributed by atoms with Gasteiger partial charge in [0.1, 0.15) is 12.1 Å². The monoisotopic (exact) mass is 214 g/mol. The van der Waals surface area contributed by atoms with E-state index in [1.54, 1.807) is 42.5 Å². The van der Waals surface area contributed by atoms with Gasteiger partial charge in [0.25, 0.3) is 0 Å². The van der Waals surface area contributed by atoms with Gasteiger partial charge in [0.15, 0.2) is 0 Å². The largest absolute Gasteiger partial charge is 0.367 e. The maximum absolute atomic E-state index is 10.1. The molecule has 1 atom stereocenters. The van der Waals surface area contributed by atoms with Crippen LogP contribution in [-0.2, 0) is 5.60 Å².